The van der Waals surface area contributed by atoms with Crippen molar-refractivity contribution >= 4 is 0 Å². The van der Waals surface area contributed by atoms with E-state index in [4.69, 9.17) is 0 Å². The minimum Gasteiger partial charge on any atom is -0.393 e. The molecule has 3 nitrogen and oxygen atoms in total. The molecule has 0 aromatic rings. The Hall–Kier alpha value is -0.120. The molecule has 6 atom stereocenters. The first-order valence-corrected chi connectivity index (χ1v) is 9.78. The summed E-state index contributed by atoms with van der Waals surface area (Å²) in [6.07, 6.45) is 10.2. The van der Waals surface area contributed by atoms with Crippen LogP contribution < -0.4 is 10.6 Å². The second-order valence-corrected chi connectivity index (χ2v) is 9.02. The van der Waals surface area contributed by atoms with Crippen LogP contribution in [0, 0.1) is 17.3 Å². The second kappa shape index (κ2) is 6.78. The van der Waals surface area contributed by atoms with Gasteiger partial charge in [-0.3, -0.25) is 0 Å². The summed E-state index contributed by atoms with van der Waals surface area (Å²) in [5.41, 5.74) is 0.298. The van der Waals surface area contributed by atoms with Crippen molar-refractivity contribution in [2.75, 3.05) is 6.54 Å². The molecule has 3 heteroatoms. The van der Waals surface area contributed by atoms with Crippen molar-refractivity contribution in [3.63, 3.8) is 0 Å². The van der Waals surface area contributed by atoms with Gasteiger partial charge >= 0.3 is 0 Å². The molecule has 2 saturated carbocycles. The summed E-state index contributed by atoms with van der Waals surface area (Å²) in [5.74, 6) is 1.24. The molecule has 1 heterocycles. The Bertz CT molecular complexity index is 370. The highest BCUT2D eigenvalue weighted by molar-refractivity contribution is 5.02. The fourth-order valence-electron chi connectivity index (χ4n) is 5.76. The average Bonchev–Trinajstić information content (AvgIpc) is 2.45. The van der Waals surface area contributed by atoms with Crippen molar-refractivity contribution in [1.82, 2.24) is 5.32 Å². The molecule has 4 N–H and O–H groups in total. The van der Waals surface area contributed by atoms with Gasteiger partial charge in [-0.15, -0.1) is 0 Å². The van der Waals surface area contributed by atoms with Crippen molar-refractivity contribution in [3.05, 3.63) is 0 Å². The summed E-state index contributed by atoms with van der Waals surface area (Å²) in [6.45, 7) is 8.07. The number of nitrogens with one attached hydrogen (secondary N) is 1. The molecule has 0 aromatic heterocycles. The zero-order chi connectivity index (χ0) is 15.7. The Morgan fingerprint density at radius 2 is 1.91 bits per heavy atom. The van der Waals surface area contributed by atoms with E-state index in [2.05, 4.69) is 31.4 Å². The highest BCUT2D eigenvalue weighted by atomic mass is 16.3. The third kappa shape index (κ3) is 3.37. The van der Waals surface area contributed by atoms with Crippen LogP contribution in [0.3, 0.4) is 0 Å². The Morgan fingerprint density at radius 3 is 2.68 bits per heavy atom. The van der Waals surface area contributed by atoms with Gasteiger partial charge in [0.2, 0.25) is 0 Å². The van der Waals surface area contributed by atoms with Crippen molar-refractivity contribution in [1.29, 1.82) is 0 Å². The van der Waals surface area contributed by atoms with Crippen LogP contribution in [-0.4, -0.2) is 35.9 Å². The third-order valence-corrected chi connectivity index (χ3v) is 6.64. The van der Waals surface area contributed by atoms with Crippen LogP contribution in [0.2, 0.25) is 0 Å². The van der Waals surface area contributed by atoms with Crippen molar-refractivity contribution in [3.8, 4) is 0 Å². The highest BCUT2D eigenvalue weighted by Gasteiger charge is 2.54. The van der Waals surface area contributed by atoms with Crippen molar-refractivity contribution < 1.29 is 10.4 Å². The molecule has 0 radical (unpaired) electrons. The van der Waals surface area contributed by atoms with E-state index >= 15 is 0 Å². The molecule has 0 aromatic carbocycles. The number of hydrogen-bond donors (Lipinski definition) is 3. The lowest BCUT2D eigenvalue weighted by Gasteiger charge is -2.53. The summed E-state index contributed by atoms with van der Waals surface area (Å²) >= 11 is 0. The van der Waals surface area contributed by atoms with Gasteiger partial charge in [0.25, 0.3) is 0 Å². The lowest BCUT2D eigenvalue weighted by atomic mass is 9.60. The van der Waals surface area contributed by atoms with Gasteiger partial charge in [-0.2, -0.15) is 0 Å². The highest BCUT2D eigenvalue weighted by Crippen LogP contribution is 2.43. The largest absolute Gasteiger partial charge is 0.393 e. The molecule has 1 aliphatic heterocycles. The standard InChI is InChI=1S/C19H36N2O/c1-4-5-10-20-18-13-8-6-7-9-14(13)21-15-11-19(2,3)12-16(22)17(15)18/h13-18,20-22H,4-12H2,1-3H3/p+1. The van der Waals surface area contributed by atoms with Crippen LogP contribution in [0.4, 0.5) is 0 Å². The number of hydrogen-bond acceptors (Lipinski definition) is 2. The molecule has 1 saturated heterocycles. The minimum atomic E-state index is -0.119. The van der Waals surface area contributed by atoms with Crippen molar-refractivity contribution in [2.24, 2.45) is 17.3 Å². The molecular weight excluding hydrogens is 272 g/mol. The van der Waals surface area contributed by atoms with Gasteiger partial charge < -0.3 is 15.7 Å². The number of fused-ring (bicyclic) bond motifs is 2. The fraction of sp³-hybridized carbons (Fsp3) is 1.00. The van der Waals surface area contributed by atoms with E-state index in [1.54, 1.807) is 0 Å². The predicted octanol–water partition coefficient (Wildman–Crippen LogP) is 2.05. The van der Waals surface area contributed by atoms with E-state index in [1.807, 2.05) is 0 Å². The lowest BCUT2D eigenvalue weighted by Crippen LogP contribution is -3.03. The zero-order valence-corrected chi connectivity index (χ0v) is 14.9. The number of aliphatic hydroxyl groups excluding tert-OH is 1. The summed E-state index contributed by atoms with van der Waals surface area (Å²) in [4.78, 5) is 0. The zero-order valence-electron chi connectivity index (χ0n) is 14.9. The smallest absolute Gasteiger partial charge is 0.0935 e. The van der Waals surface area contributed by atoms with Crippen molar-refractivity contribution in [2.45, 2.75) is 96.4 Å². The number of rotatable bonds is 4. The molecule has 6 unspecified atom stereocenters. The molecule has 3 aliphatic rings. The predicted molar refractivity (Wildman–Crippen MR) is 90.7 cm³/mol. The Morgan fingerprint density at radius 1 is 1.14 bits per heavy atom. The second-order valence-electron chi connectivity index (χ2n) is 9.02. The molecule has 3 fully saturated rings. The maximum atomic E-state index is 10.9. The van der Waals surface area contributed by atoms with Crippen LogP contribution in [0.15, 0.2) is 0 Å². The van der Waals surface area contributed by atoms with E-state index in [1.165, 1.54) is 44.9 Å². The first-order chi connectivity index (χ1) is 10.5. The van der Waals surface area contributed by atoms with Crippen LogP contribution in [-0.2, 0) is 0 Å². The summed E-state index contributed by atoms with van der Waals surface area (Å²) in [6, 6.07) is 1.98. The SMILES string of the molecule is CCCCNC1C2CCCCC2[NH2+]C2CC(C)(C)CC(O)C21. The third-order valence-electron chi connectivity index (χ3n) is 6.64. The number of quaternary nitrogens is 1. The topological polar surface area (TPSA) is 48.9 Å². The number of piperidine rings is 1. The molecule has 3 rings (SSSR count). The van der Waals surface area contributed by atoms with Gasteiger partial charge in [-0.05, 0) is 44.1 Å². The maximum absolute atomic E-state index is 10.9. The normalized spacial score (nSPS) is 44.2. The van der Waals surface area contributed by atoms with E-state index < -0.39 is 0 Å². The van der Waals surface area contributed by atoms with Crippen LogP contribution in [0.5, 0.6) is 0 Å². The van der Waals surface area contributed by atoms with E-state index in [0.29, 0.717) is 23.4 Å². The summed E-state index contributed by atoms with van der Waals surface area (Å²) in [7, 11) is 0. The maximum Gasteiger partial charge on any atom is 0.0935 e. The van der Waals surface area contributed by atoms with E-state index in [0.717, 1.165) is 24.9 Å². The lowest BCUT2D eigenvalue weighted by molar-refractivity contribution is -0.752. The van der Waals surface area contributed by atoms with Crippen LogP contribution in [0.25, 0.3) is 0 Å². The first-order valence-electron chi connectivity index (χ1n) is 9.78. The Kier molecular flexibility index (Phi) is 5.16. The van der Waals surface area contributed by atoms with E-state index in [9.17, 15) is 5.11 Å². The minimum absolute atomic E-state index is 0.119. The number of aliphatic hydroxyl groups is 1. The molecule has 0 spiro atoms. The molecule has 22 heavy (non-hydrogen) atoms. The van der Waals surface area contributed by atoms with Gasteiger partial charge in [0.15, 0.2) is 0 Å². The fourth-order valence-corrected chi connectivity index (χ4v) is 5.76. The molecule has 2 aliphatic carbocycles. The monoisotopic (exact) mass is 309 g/mol. The first kappa shape index (κ1) is 16.7. The molecule has 128 valence electrons. The van der Waals surface area contributed by atoms with Gasteiger partial charge in [0.05, 0.1) is 24.1 Å². The average molecular weight is 310 g/mol. The molecule has 0 bridgehead atoms. The van der Waals surface area contributed by atoms with Crippen LogP contribution >= 0.6 is 0 Å². The van der Waals surface area contributed by atoms with Gasteiger partial charge in [-0.1, -0.05) is 33.6 Å². The van der Waals surface area contributed by atoms with Gasteiger partial charge in [0.1, 0.15) is 0 Å². The Balaban J connectivity index is 1.78. The number of nitrogens with two attached hydrogens (primary N) is 1. The quantitative estimate of drug-likeness (QED) is 0.696. The summed E-state index contributed by atoms with van der Waals surface area (Å²) in [5, 5.41) is 17.5. The van der Waals surface area contributed by atoms with Crippen LogP contribution in [0.1, 0.15) is 72.1 Å². The van der Waals surface area contributed by atoms with Gasteiger partial charge in [0, 0.05) is 18.4 Å². The Labute approximate surface area is 136 Å². The molecule has 0 amide bonds. The summed E-state index contributed by atoms with van der Waals surface area (Å²) < 4.78 is 0. The number of unbranched alkanes of at least 4 members (excludes halogenated alkanes) is 1. The van der Waals surface area contributed by atoms with Gasteiger partial charge in [-0.25, -0.2) is 0 Å². The van der Waals surface area contributed by atoms with E-state index in [-0.39, 0.29) is 6.10 Å². The molecular formula is C19H37N2O+.